The van der Waals surface area contributed by atoms with Gasteiger partial charge in [0, 0.05) is 22.5 Å². The van der Waals surface area contributed by atoms with Gasteiger partial charge in [0.05, 0.1) is 17.3 Å². The molecule has 3 nitrogen and oxygen atoms in total. The maximum atomic E-state index is 6.34. The number of benzene rings is 2. The Morgan fingerprint density at radius 1 is 1.14 bits per heavy atom. The predicted octanol–water partition coefficient (Wildman–Crippen LogP) is 4.19. The fraction of sp³-hybridized carbons (Fsp3) is 0.188. The SMILES string of the molecule is CNC(c1cc(Cl)ccc1Cl)c1nn(C)c2ccccc12. The molecular formula is C16H15Cl2N3. The van der Waals surface area contributed by atoms with Crippen molar-refractivity contribution < 1.29 is 0 Å². The second-order valence-electron chi connectivity index (χ2n) is 4.91. The van der Waals surface area contributed by atoms with Crippen molar-refractivity contribution in [3.63, 3.8) is 0 Å². The minimum Gasteiger partial charge on any atom is -0.308 e. The Labute approximate surface area is 133 Å². The first-order valence-electron chi connectivity index (χ1n) is 6.65. The van der Waals surface area contributed by atoms with Crippen molar-refractivity contribution in [2.24, 2.45) is 7.05 Å². The van der Waals surface area contributed by atoms with Crippen LogP contribution in [0.2, 0.25) is 10.0 Å². The zero-order valence-corrected chi connectivity index (χ0v) is 13.3. The van der Waals surface area contributed by atoms with Crippen molar-refractivity contribution in [1.82, 2.24) is 15.1 Å². The number of nitrogens with one attached hydrogen (secondary N) is 1. The molecule has 0 saturated heterocycles. The van der Waals surface area contributed by atoms with Crippen LogP contribution in [-0.4, -0.2) is 16.8 Å². The van der Waals surface area contributed by atoms with Gasteiger partial charge in [0.15, 0.2) is 0 Å². The fourth-order valence-electron chi connectivity index (χ4n) is 2.63. The van der Waals surface area contributed by atoms with Crippen molar-refractivity contribution in [2.75, 3.05) is 7.05 Å². The zero-order chi connectivity index (χ0) is 15.0. The van der Waals surface area contributed by atoms with E-state index in [0.29, 0.717) is 10.0 Å². The van der Waals surface area contributed by atoms with Gasteiger partial charge in [-0.3, -0.25) is 4.68 Å². The molecule has 3 rings (SSSR count). The number of hydrogen-bond acceptors (Lipinski definition) is 2. The Balaban J connectivity index is 2.21. The Morgan fingerprint density at radius 2 is 1.90 bits per heavy atom. The van der Waals surface area contributed by atoms with E-state index in [1.54, 1.807) is 6.07 Å². The van der Waals surface area contributed by atoms with Crippen molar-refractivity contribution >= 4 is 34.1 Å². The Hall–Kier alpha value is -1.55. The quantitative estimate of drug-likeness (QED) is 0.784. The van der Waals surface area contributed by atoms with Crippen LogP contribution < -0.4 is 5.32 Å². The lowest BCUT2D eigenvalue weighted by Crippen LogP contribution is -2.19. The summed E-state index contributed by atoms with van der Waals surface area (Å²) in [6.45, 7) is 0. The van der Waals surface area contributed by atoms with Gasteiger partial charge in [-0.25, -0.2) is 0 Å². The number of aryl methyl sites for hydroxylation is 1. The lowest BCUT2D eigenvalue weighted by molar-refractivity contribution is 0.648. The van der Waals surface area contributed by atoms with Gasteiger partial charge in [-0.1, -0.05) is 41.4 Å². The third kappa shape index (κ3) is 2.53. The number of para-hydroxylation sites is 1. The summed E-state index contributed by atoms with van der Waals surface area (Å²) in [6, 6.07) is 13.5. The predicted molar refractivity (Wildman–Crippen MR) is 88.1 cm³/mol. The zero-order valence-electron chi connectivity index (χ0n) is 11.8. The third-order valence-electron chi connectivity index (χ3n) is 3.62. The molecule has 0 aliphatic carbocycles. The number of fused-ring (bicyclic) bond motifs is 1. The maximum absolute atomic E-state index is 6.34. The van der Waals surface area contributed by atoms with Crippen molar-refractivity contribution in [3.05, 3.63) is 63.8 Å². The van der Waals surface area contributed by atoms with Crippen molar-refractivity contribution in [2.45, 2.75) is 6.04 Å². The van der Waals surface area contributed by atoms with E-state index in [0.717, 1.165) is 22.2 Å². The van der Waals surface area contributed by atoms with E-state index in [2.05, 4.69) is 22.5 Å². The molecule has 3 aromatic rings. The molecule has 5 heteroatoms. The number of rotatable bonds is 3. The minimum absolute atomic E-state index is 0.109. The van der Waals surface area contributed by atoms with Crippen molar-refractivity contribution in [1.29, 1.82) is 0 Å². The smallest absolute Gasteiger partial charge is 0.0918 e. The molecule has 21 heavy (non-hydrogen) atoms. The fourth-order valence-corrected chi connectivity index (χ4v) is 3.04. The molecule has 0 spiro atoms. The molecule has 0 aliphatic rings. The van der Waals surface area contributed by atoms with Gasteiger partial charge < -0.3 is 5.32 Å². The topological polar surface area (TPSA) is 29.9 Å². The molecule has 1 unspecified atom stereocenters. The summed E-state index contributed by atoms with van der Waals surface area (Å²) >= 11 is 12.5. The van der Waals surface area contributed by atoms with E-state index in [1.807, 2.05) is 43.0 Å². The van der Waals surface area contributed by atoms with E-state index in [1.165, 1.54) is 0 Å². The van der Waals surface area contributed by atoms with E-state index in [4.69, 9.17) is 23.2 Å². The first kappa shape index (κ1) is 14.4. The molecule has 1 N–H and O–H groups in total. The Morgan fingerprint density at radius 3 is 2.67 bits per heavy atom. The average molecular weight is 320 g/mol. The second kappa shape index (κ2) is 5.68. The summed E-state index contributed by atoms with van der Waals surface area (Å²) in [7, 11) is 3.84. The monoisotopic (exact) mass is 319 g/mol. The highest BCUT2D eigenvalue weighted by atomic mass is 35.5. The third-order valence-corrected chi connectivity index (χ3v) is 4.20. The molecule has 1 heterocycles. The molecule has 0 aliphatic heterocycles. The van der Waals surface area contributed by atoms with Gasteiger partial charge in [0.2, 0.25) is 0 Å². The van der Waals surface area contributed by atoms with Gasteiger partial charge >= 0.3 is 0 Å². The van der Waals surface area contributed by atoms with Gasteiger partial charge in [-0.2, -0.15) is 5.10 Å². The average Bonchev–Trinajstić information content (AvgIpc) is 2.81. The van der Waals surface area contributed by atoms with Gasteiger partial charge in [-0.15, -0.1) is 0 Å². The highest BCUT2D eigenvalue weighted by molar-refractivity contribution is 6.33. The summed E-state index contributed by atoms with van der Waals surface area (Å²) in [5.41, 5.74) is 2.96. The number of nitrogens with zero attached hydrogens (tertiary/aromatic N) is 2. The molecule has 0 bridgehead atoms. The number of aromatic nitrogens is 2. The molecule has 0 amide bonds. The van der Waals surface area contributed by atoms with Gasteiger partial charge in [0.1, 0.15) is 0 Å². The highest BCUT2D eigenvalue weighted by Crippen LogP contribution is 2.33. The van der Waals surface area contributed by atoms with Crippen LogP contribution in [0.25, 0.3) is 10.9 Å². The van der Waals surface area contributed by atoms with Gasteiger partial charge in [-0.05, 0) is 36.9 Å². The van der Waals surface area contributed by atoms with Crippen LogP contribution in [0.5, 0.6) is 0 Å². The first-order chi connectivity index (χ1) is 10.1. The Kier molecular flexibility index (Phi) is 3.89. The molecule has 108 valence electrons. The van der Waals surface area contributed by atoms with Crippen molar-refractivity contribution in [3.8, 4) is 0 Å². The second-order valence-corrected chi connectivity index (χ2v) is 5.76. The van der Waals surface area contributed by atoms with Crippen LogP contribution in [0.15, 0.2) is 42.5 Å². The molecule has 0 fully saturated rings. The Bertz CT molecular complexity index is 795. The standard InChI is InChI=1S/C16H15Cl2N3/c1-19-15(12-9-10(17)7-8-13(12)18)16-11-5-3-4-6-14(11)21(2)20-16/h3-9,15,19H,1-2H3. The van der Waals surface area contributed by atoms with Gasteiger partial charge in [0.25, 0.3) is 0 Å². The van der Waals surface area contributed by atoms with E-state index in [9.17, 15) is 0 Å². The van der Waals surface area contributed by atoms with Crippen LogP contribution in [0, 0.1) is 0 Å². The lowest BCUT2D eigenvalue weighted by atomic mass is 10.0. The molecule has 1 atom stereocenters. The molecular weight excluding hydrogens is 305 g/mol. The van der Waals surface area contributed by atoms with Crippen LogP contribution in [0.1, 0.15) is 17.3 Å². The highest BCUT2D eigenvalue weighted by Gasteiger charge is 2.21. The lowest BCUT2D eigenvalue weighted by Gasteiger charge is -2.17. The summed E-state index contributed by atoms with van der Waals surface area (Å²) in [6.07, 6.45) is 0. The minimum atomic E-state index is -0.109. The number of hydrogen-bond donors (Lipinski definition) is 1. The van der Waals surface area contributed by atoms with Crippen LogP contribution in [0.4, 0.5) is 0 Å². The normalized spacial score (nSPS) is 12.8. The van der Waals surface area contributed by atoms with Crippen LogP contribution in [-0.2, 0) is 7.05 Å². The molecule has 0 radical (unpaired) electrons. The van der Waals surface area contributed by atoms with Crippen LogP contribution in [0.3, 0.4) is 0 Å². The van der Waals surface area contributed by atoms with E-state index in [-0.39, 0.29) is 6.04 Å². The summed E-state index contributed by atoms with van der Waals surface area (Å²) in [5, 5.41) is 10.4. The molecule has 1 aromatic heterocycles. The summed E-state index contributed by atoms with van der Waals surface area (Å²) in [4.78, 5) is 0. The molecule has 0 saturated carbocycles. The maximum Gasteiger partial charge on any atom is 0.0918 e. The summed E-state index contributed by atoms with van der Waals surface area (Å²) in [5.74, 6) is 0. The van der Waals surface area contributed by atoms with Crippen LogP contribution >= 0.6 is 23.2 Å². The molecule has 2 aromatic carbocycles. The summed E-state index contributed by atoms with van der Waals surface area (Å²) < 4.78 is 1.88. The first-order valence-corrected chi connectivity index (χ1v) is 7.41. The number of halogens is 2. The van der Waals surface area contributed by atoms with E-state index >= 15 is 0 Å². The van der Waals surface area contributed by atoms with E-state index < -0.39 is 0 Å². The largest absolute Gasteiger partial charge is 0.308 e.